The molecule has 130 valence electrons. The molecule has 3 rings (SSSR count). The molecular weight excluding hydrogens is 320 g/mol. The fourth-order valence-corrected chi connectivity index (χ4v) is 4.72. The van der Waals surface area contributed by atoms with Crippen LogP contribution in [0.4, 0.5) is 0 Å². The molecule has 24 heavy (non-hydrogen) atoms. The molecule has 1 saturated carbocycles. The van der Waals surface area contributed by atoms with E-state index in [2.05, 4.69) is 49.4 Å². The summed E-state index contributed by atoms with van der Waals surface area (Å²) >= 11 is 1.59. The molecule has 0 spiro atoms. The first-order valence-electron chi connectivity index (χ1n) is 8.46. The van der Waals surface area contributed by atoms with Crippen molar-refractivity contribution in [3.8, 4) is 0 Å². The highest BCUT2D eigenvalue weighted by Crippen LogP contribution is 2.68. The van der Waals surface area contributed by atoms with Crippen molar-refractivity contribution < 1.29 is 9.53 Å². The average molecular weight is 346 g/mol. The Labute approximate surface area is 147 Å². The fraction of sp³-hybridized carbons (Fsp3) is 0.579. The predicted octanol–water partition coefficient (Wildman–Crippen LogP) is 3.85. The molecule has 1 aromatic carbocycles. The van der Waals surface area contributed by atoms with Crippen molar-refractivity contribution in [1.29, 1.82) is 0 Å². The molecule has 4 nitrogen and oxygen atoms in total. The Morgan fingerprint density at radius 3 is 2.54 bits per heavy atom. The molecule has 1 fully saturated rings. The monoisotopic (exact) mass is 346 g/mol. The van der Waals surface area contributed by atoms with Crippen molar-refractivity contribution in [2.45, 2.75) is 40.7 Å². The molecule has 2 aromatic rings. The first kappa shape index (κ1) is 17.4. The fourth-order valence-electron chi connectivity index (χ4n) is 3.66. The molecule has 0 bridgehead atoms. The third-order valence-corrected chi connectivity index (χ3v) is 6.85. The largest absolute Gasteiger partial charge is 0.385 e. The summed E-state index contributed by atoms with van der Waals surface area (Å²) in [6.07, 6.45) is 0.902. The van der Waals surface area contributed by atoms with Crippen molar-refractivity contribution >= 4 is 27.5 Å². The van der Waals surface area contributed by atoms with Gasteiger partial charge in [-0.15, -0.1) is 0 Å². The molecule has 0 N–H and O–H groups in total. The van der Waals surface area contributed by atoms with Gasteiger partial charge in [0, 0.05) is 20.3 Å². The van der Waals surface area contributed by atoms with Gasteiger partial charge >= 0.3 is 0 Å². The van der Waals surface area contributed by atoms with Crippen LogP contribution in [0.2, 0.25) is 0 Å². The van der Waals surface area contributed by atoms with Crippen LogP contribution in [0.5, 0.6) is 0 Å². The maximum atomic E-state index is 12.8. The third-order valence-electron chi connectivity index (χ3n) is 5.79. The molecule has 1 aromatic heterocycles. The number of aryl methyl sites for hydroxylation is 1. The van der Waals surface area contributed by atoms with E-state index in [1.165, 1.54) is 0 Å². The number of rotatable bonds is 5. The van der Waals surface area contributed by atoms with Crippen molar-refractivity contribution in [1.82, 2.24) is 4.57 Å². The second-order valence-electron chi connectivity index (χ2n) is 7.68. The van der Waals surface area contributed by atoms with Gasteiger partial charge in [-0.1, -0.05) is 51.2 Å². The van der Waals surface area contributed by atoms with Crippen LogP contribution in [-0.4, -0.2) is 24.2 Å². The van der Waals surface area contributed by atoms with E-state index in [1.54, 1.807) is 18.4 Å². The zero-order valence-electron chi connectivity index (χ0n) is 15.1. The number of ether oxygens (including phenoxy) is 1. The topological polar surface area (TPSA) is 43.6 Å². The Kier molecular flexibility index (Phi) is 4.43. The Morgan fingerprint density at radius 1 is 1.25 bits per heavy atom. The predicted molar refractivity (Wildman–Crippen MR) is 97.9 cm³/mol. The summed E-state index contributed by atoms with van der Waals surface area (Å²) in [4.78, 5) is 18.1. The summed E-state index contributed by atoms with van der Waals surface area (Å²) < 4.78 is 8.48. The van der Waals surface area contributed by atoms with E-state index in [4.69, 9.17) is 4.74 Å². The van der Waals surface area contributed by atoms with Crippen LogP contribution < -0.4 is 4.80 Å². The molecule has 5 heteroatoms. The highest BCUT2D eigenvalue weighted by molar-refractivity contribution is 7.16. The number of fused-ring (bicyclic) bond motifs is 1. The number of amides is 1. The molecule has 1 heterocycles. The summed E-state index contributed by atoms with van der Waals surface area (Å²) in [6.45, 7) is 10.1. The van der Waals surface area contributed by atoms with Crippen LogP contribution in [0.15, 0.2) is 29.3 Å². The van der Waals surface area contributed by atoms with Gasteiger partial charge < -0.3 is 9.30 Å². The Morgan fingerprint density at radius 2 is 1.92 bits per heavy atom. The quantitative estimate of drug-likeness (QED) is 0.772. The van der Waals surface area contributed by atoms with Crippen LogP contribution >= 0.6 is 11.3 Å². The number of carbonyl (C=O) groups excluding carboxylic acids is 1. The van der Waals surface area contributed by atoms with E-state index in [0.29, 0.717) is 6.61 Å². The first-order chi connectivity index (χ1) is 11.3. The average Bonchev–Trinajstić information content (AvgIpc) is 2.78. The Balaban J connectivity index is 1.99. The zero-order valence-corrected chi connectivity index (χ0v) is 15.9. The minimum absolute atomic E-state index is 0.00244. The van der Waals surface area contributed by atoms with Crippen LogP contribution in [0.3, 0.4) is 0 Å². The van der Waals surface area contributed by atoms with Gasteiger partial charge in [0.05, 0.1) is 16.1 Å². The minimum Gasteiger partial charge on any atom is -0.385 e. The number of methoxy groups -OCH3 is 1. The van der Waals surface area contributed by atoms with Crippen molar-refractivity contribution in [3.63, 3.8) is 0 Å². The summed E-state index contributed by atoms with van der Waals surface area (Å²) in [5.41, 5.74) is 1.18. The minimum atomic E-state index is 0.00244. The summed E-state index contributed by atoms with van der Waals surface area (Å²) in [5, 5.41) is 0. The number of nitrogens with zero attached hydrogens (tertiary/aromatic N) is 2. The normalized spacial score (nSPS) is 19.8. The molecule has 0 unspecified atom stereocenters. The van der Waals surface area contributed by atoms with Gasteiger partial charge in [0.1, 0.15) is 0 Å². The van der Waals surface area contributed by atoms with Gasteiger partial charge in [0.25, 0.3) is 5.91 Å². The number of aromatic nitrogens is 1. The maximum Gasteiger partial charge on any atom is 0.252 e. The van der Waals surface area contributed by atoms with E-state index in [-0.39, 0.29) is 22.7 Å². The van der Waals surface area contributed by atoms with E-state index in [0.717, 1.165) is 28.0 Å². The SMILES string of the molecule is COCCCn1/c(=N/C(=O)C2C(C)(C)C2(C)C)sc2ccccc21. The van der Waals surface area contributed by atoms with Crippen molar-refractivity contribution in [2.24, 2.45) is 21.7 Å². The van der Waals surface area contributed by atoms with Crippen LogP contribution in [-0.2, 0) is 16.1 Å². The highest BCUT2D eigenvalue weighted by Gasteiger charge is 2.68. The first-order valence-corrected chi connectivity index (χ1v) is 9.28. The number of benzene rings is 1. The van der Waals surface area contributed by atoms with Crippen LogP contribution in [0, 0.1) is 16.7 Å². The Hall–Kier alpha value is -1.46. The zero-order chi connectivity index (χ0) is 17.5. The van der Waals surface area contributed by atoms with Gasteiger partial charge in [-0.25, -0.2) is 0 Å². The number of hydrogen-bond acceptors (Lipinski definition) is 3. The Bertz CT molecular complexity index is 815. The second-order valence-corrected chi connectivity index (χ2v) is 8.69. The van der Waals surface area contributed by atoms with Gasteiger partial charge in [0.15, 0.2) is 4.80 Å². The van der Waals surface area contributed by atoms with Crippen LogP contribution in [0.25, 0.3) is 10.2 Å². The molecule has 0 radical (unpaired) electrons. The number of carbonyl (C=O) groups is 1. The van der Waals surface area contributed by atoms with Gasteiger partial charge in [-0.2, -0.15) is 4.99 Å². The maximum absolute atomic E-state index is 12.8. The van der Waals surface area contributed by atoms with E-state index >= 15 is 0 Å². The van der Waals surface area contributed by atoms with Gasteiger partial charge in [-0.3, -0.25) is 4.79 Å². The lowest BCUT2D eigenvalue weighted by molar-refractivity contribution is -0.120. The summed E-state index contributed by atoms with van der Waals surface area (Å²) in [5.74, 6) is 0.0136. The highest BCUT2D eigenvalue weighted by atomic mass is 32.1. The van der Waals surface area contributed by atoms with E-state index < -0.39 is 0 Å². The molecule has 1 aliphatic rings. The van der Waals surface area contributed by atoms with Crippen molar-refractivity contribution in [3.05, 3.63) is 29.1 Å². The molecule has 0 saturated heterocycles. The molecular formula is C19H26N2O2S. The van der Waals surface area contributed by atoms with Gasteiger partial charge in [-0.05, 0) is 29.4 Å². The molecule has 0 atom stereocenters. The van der Waals surface area contributed by atoms with E-state index in [1.807, 2.05) is 12.1 Å². The third kappa shape index (κ3) is 2.74. The summed E-state index contributed by atoms with van der Waals surface area (Å²) in [6, 6.07) is 8.23. The summed E-state index contributed by atoms with van der Waals surface area (Å²) in [7, 11) is 1.71. The number of para-hydroxylation sites is 1. The smallest absolute Gasteiger partial charge is 0.252 e. The van der Waals surface area contributed by atoms with Crippen molar-refractivity contribution in [2.75, 3.05) is 13.7 Å². The lowest BCUT2D eigenvalue weighted by atomic mass is 10.0. The van der Waals surface area contributed by atoms with E-state index in [9.17, 15) is 4.79 Å². The molecule has 1 aliphatic carbocycles. The van der Waals surface area contributed by atoms with Crippen LogP contribution in [0.1, 0.15) is 34.1 Å². The lowest BCUT2D eigenvalue weighted by Crippen LogP contribution is -2.19. The number of hydrogen-bond donors (Lipinski definition) is 0. The number of thiazole rings is 1. The molecule has 0 aliphatic heterocycles. The second kappa shape index (κ2) is 6.12. The molecule has 1 amide bonds. The lowest BCUT2D eigenvalue weighted by Gasteiger charge is -2.04. The van der Waals surface area contributed by atoms with Gasteiger partial charge in [0.2, 0.25) is 0 Å². The standard InChI is InChI=1S/C19H26N2O2S/c1-18(2)15(19(18,3)4)16(22)20-17-21(11-8-12-23-5)13-9-6-7-10-14(13)24-17/h6-7,9-10,15H,8,11-12H2,1-5H3/b20-17-.